The lowest BCUT2D eigenvalue weighted by Gasteiger charge is -2.15. The molecule has 0 aromatic heterocycles. The van der Waals surface area contributed by atoms with E-state index < -0.39 is 34.9 Å². The van der Waals surface area contributed by atoms with E-state index in [0.29, 0.717) is 16.6 Å². The minimum Gasteiger partial charge on any atom is -0.320 e. The summed E-state index contributed by atoms with van der Waals surface area (Å²) in [6, 6.07) is 3.54. The molecule has 0 fully saturated rings. The summed E-state index contributed by atoms with van der Waals surface area (Å²) in [5, 5.41) is 0. The Morgan fingerprint density at radius 3 is 1.89 bits per heavy atom. The van der Waals surface area contributed by atoms with Gasteiger partial charge in [-0.05, 0) is 23.8 Å². The summed E-state index contributed by atoms with van der Waals surface area (Å²) in [5.41, 5.74) is 5.39. The molecule has 0 heterocycles. The van der Waals surface area contributed by atoms with Crippen molar-refractivity contribution in [3.63, 3.8) is 0 Å². The van der Waals surface area contributed by atoms with Gasteiger partial charge in [0.05, 0.1) is 6.04 Å². The first kappa shape index (κ1) is 14.0. The van der Waals surface area contributed by atoms with Gasteiger partial charge < -0.3 is 5.73 Å². The van der Waals surface area contributed by atoms with Crippen LogP contribution >= 0.6 is 15.9 Å². The molecular formula is C13H8BrF4N. The molecule has 0 aliphatic heterocycles. The Balaban J connectivity index is 2.52. The zero-order chi connectivity index (χ0) is 14.2. The molecule has 0 bridgehead atoms. The Bertz CT molecular complexity index is 587. The lowest BCUT2D eigenvalue weighted by atomic mass is 9.98. The molecule has 1 nitrogen and oxygen atoms in total. The van der Waals surface area contributed by atoms with E-state index in [4.69, 9.17) is 5.73 Å². The standard InChI is InChI=1S/C13H8BrF4N/c14-7-1-6(2-8(15)3-7)13(19)12-10(17)4-9(16)5-11(12)18/h1-5,13H,19H2. The summed E-state index contributed by atoms with van der Waals surface area (Å²) in [6.07, 6.45) is 0. The topological polar surface area (TPSA) is 26.0 Å². The molecule has 2 N–H and O–H groups in total. The molecule has 0 spiro atoms. The van der Waals surface area contributed by atoms with Gasteiger partial charge in [0.25, 0.3) is 0 Å². The molecule has 0 aliphatic rings. The zero-order valence-corrected chi connectivity index (χ0v) is 11.0. The van der Waals surface area contributed by atoms with Crippen LogP contribution < -0.4 is 5.73 Å². The lowest BCUT2D eigenvalue weighted by molar-refractivity contribution is 0.514. The Hall–Kier alpha value is -1.40. The second-order valence-electron chi connectivity index (χ2n) is 3.96. The first-order valence-corrected chi connectivity index (χ1v) is 6.04. The van der Waals surface area contributed by atoms with Crippen LogP contribution in [0.3, 0.4) is 0 Å². The van der Waals surface area contributed by atoms with Crippen molar-refractivity contribution in [3.8, 4) is 0 Å². The highest BCUT2D eigenvalue weighted by atomic mass is 79.9. The molecular weight excluding hydrogens is 326 g/mol. The van der Waals surface area contributed by atoms with Crippen LogP contribution in [-0.4, -0.2) is 0 Å². The molecule has 0 aliphatic carbocycles. The largest absolute Gasteiger partial charge is 0.320 e. The van der Waals surface area contributed by atoms with Crippen LogP contribution in [0.5, 0.6) is 0 Å². The molecule has 1 atom stereocenters. The van der Waals surface area contributed by atoms with Gasteiger partial charge in [-0.15, -0.1) is 0 Å². The minimum atomic E-state index is -1.23. The van der Waals surface area contributed by atoms with E-state index in [0.717, 1.165) is 6.07 Å². The third-order valence-corrected chi connectivity index (χ3v) is 3.06. The van der Waals surface area contributed by atoms with Gasteiger partial charge in [-0.1, -0.05) is 15.9 Å². The van der Waals surface area contributed by atoms with E-state index in [9.17, 15) is 17.6 Å². The van der Waals surface area contributed by atoms with Crippen LogP contribution in [0.4, 0.5) is 17.6 Å². The number of halogens is 5. The van der Waals surface area contributed by atoms with Gasteiger partial charge >= 0.3 is 0 Å². The third-order valence-electron chi connectivity index (χ3n) is 2.60. The van der Waals surface area contributed by atoms with E-state index in [1.807, 2.05) is 0 Å². The summed E-state index contributed by atoms with van der Waals surface area (Å²) in [5.74, 6) is -3.84. The fraction of sp³-hybridized carbons (Fsp3) is 0.0769. The molecule has 2 rings (SSSR count). The maximum atomic E-state index is 13.6. The Morgan fingerprint density at radius 2 is 1.37 bits per heavy atom. The maximum Gasteiger partial charge on any atom is 0.134 e. The van der Waals surface area contributed by atoms with Crippen molar-refractivity contribution in [1.82, 2.24) is 0 Å². The average Bonchev–Trinajstić information content (AvgIpc) is 2.25. The number of nitrogens with two attached hydrogens (primary N) is 1. The van der Waals surface area contributed by atoms with Crippen molar-refractivity contribution >= 4 is 15.9 Å². The van der Waals surface area contributed by atoms with Crippen LogP contribution in [0.1, 0.15) is 17.2 Å². The Labute approximate surface area is 115 Å². The van der Waals surface area contributed by atoms with Crippen LogP contribution in [0.15, 0.2) is 34.8 Å². The summed E-state index contributed by atoms with van der Waals surface area (Å²) in [4.78, 5) is 0. The fourth-order valence-corrected chi connectivity index (χ4v) is 2.25. The molecule has 6 heteroatoms. The molecule has 100 valence electrons. The van der Waals surface area contributed by atoms with Gasteiger partial charge in [0.2, 0.25) is 0 Å². The van der Waals surface area contributed by atoms with E-state index in [2.05, 4.69) is 15.9 Å². The predicted octanol–water partition coefficient (Wildman–Crippen LogP) is 4.05. The highest BCUT2D eigenvalue weighted by Gasteiger charge is 2.20. The number of rotatable bonds is 2. The van der Waals surface area contributed by atoms with E-state index in [1.54, 1.807) is 0 Å². The predicted molar refractivity (Wildman–Crippen MR) is 66.4 cm³/mol. The first-order valence-electron chi connectivity index (χ1n) is 5.24. The SMILES string of the molecule is NC(c1cc(F)cc(Br)c1)c1c(F)cc(F)cc1F. The van der Waals surface area contributed by atoms with Crippen molar-refractivity contribution in [2.24, 2.45) is 5.73 Å². The lowest BCUT2D eigenvalue weighted by Crippen LogP contribution is -2.16. The van der Waals surface area contributed by atoms with Crippen molar-refractivity contribution in [1.29, 1.82) is 0 Å². The smallest absolute Gasteiger partial charge is 0.134 e. The first-order chi connectivity index (χ1) is 8.88. The van der Waals surface area contributed by atoms with Crippen LogP contribution in [0, 0.1) is 23.3 Å². The van der Waals surface area contributed by atoms with E-state index in [-0.39, 0.29) is 5.56 Å². The minimum absolute atomic E-state index is 0.177. The van der Waals surface area contributed by atoms with Gasteiger partial charge in [0.1, 0.15) is 23.3 Å². The van der Waals surface area contributed by atoms with E-state index >= 15 is 0 Å². The quantitative estimate of drug-likeness (QED) is 0.824. The molecule has 0 amide bonds. The van der Waals surface area contributed by atoms with Crippen LogP contribution in [-0.2, 0) is 0 Å². The number of hydrogen-bond donors (Lipinski definition) is 1. The van der Waals surface area contributed by atoms with Gasteiger partial charge in [-0.2, -0.15) is 0 Å². The summed E-state index contributed by atoms with van der Waals surface area (Å²) < 4.78 is 53.6. The van der Waals surface area contributed by atoms with E-state index in [1.165, 1.54) is 12.1 Å². The van der Waals surface area contributed by atoms with Crippen LogP contribution in [0.2, 0.25) is 0 Å². The second kappa shape index (κ2) is 5.30. The zero-order valence-electron chi connectivity index (χ0n) is 9.43. The monoisotopic (exact) mass is 333 g/mol. The molecule has 0 saturated heterocycles. The highest BCUT2D eigenvalue weighted by Crippen LogP contribution is 2.28. The third kappa shape index (κ3) is 2.96. The van der Waals surface area contributed by atoms with Gasteiger partial charge in [-0.3, -0.25) is 0 Å². The average molecular weight is 334 g/mol. The molecule has 2 aromatic carbocycles. The summed E-state index contributed by atoms with van der Waals surface area (Å²) in [7, 11) is 0. The second-order valence-corrected chi connectivity index (χ2v) is 4.88. The fourth-order valence-electron chi connectivity index (χ4n) is 1.77. The Kier molecular flexibility index (Phi) is 3.91. The number of benzene rings is 2. The Morgan fingerprint density at radius 1 is 0.842 bits per heavy atom. The van der Waals surface area contributed by atoms with Gasteiger partial charge in [0.15, 0.2) is 0 Å². The normalized spacial score (nSPS) is 12.5. The maximum absolute atomic E-state index is 13.6. The van der Waals surface area contributed by atoms with Gasteiger partial charge in [0, 0.05) is 22.2 Å². The molecule has 2 aromatic rings. The van der Waals surface area contributed by atoms with Crippen molar-refractivity contribution in [2.45, 2.75) is 6.04 Å². The summed E-state index contributed by atoms with van der Waals surface area (Å²) >= 11 is 3.06. The molecule has 0 radical (unpaired) electrons. The highest BCUT2D eigenvalue weighted by molar-refractivity contribution is 9.10. The van der Waals surface area contributed by atoms with Crippen LogP contribution in [0.25, 0.3) is 0 Å². The molecule has 0 saturated carbocycles. The van der Waals surface area contributed by atoms with Crippen molar-refractivity contribution in [2.75, 3.05) is 0 Å². The molecule has 19 heavy (non-hydrogen) atoms. The summed E-state index contributed by atoms with van der Waals surface area (Å²) in [6.45, 7) is 0. The number of hydrogen-bond acceptors (Lipinski definition) is 1. The van der Waals surface area contributed by atoms with Crippen molar-refractivity contribution in [3.05, 3.63) is 69.2 Å². The van der Waals surface area contributed by atoms with Crippen molar-refractivity contribution < 1.29 is 17.6 Å². The van der Waals surface area contributed by atoms with Gasteiger partial charge in [-0.25, -0.2) is 17.6 Å². The molecule has 1 unspecified atom stereocenters.